The number of aromatic amines is 1. The van der Waals surface area contributed by atoms with Crippen molar-refractivity contribution in [2.24, 2.45) is 0 Å². The van der Waals surface area contributed by atoms with Gasteiger partial charge in [-0.15, -0.1) is 0 Å². The molecular weight excluding hydrogens is 294 g/mol. The largest absolute Gasteiger partial charge is 0.503 e. The Morgan fingerprint density at radius 3 is 2.35 bits per heavy atom. The maximum Gasteiger partial charge on any atom is 0.231 e. The zero-order chi connectivity index (χ0) is 16.6. The Hall–Kier alpha value is -2.95. The molecule has 0 bridgehead atoms. The van der Waals surface area contributed by atoms with Crippen LogP contribution >= 0.6 is 0 Å². The molecule has 3 aromatic rings. The molecule has 2 aromatic carbocycles. The Balaban J connectivity index is 2.37. The van der Waals surface area contributed by atoms with Crippen molar-refractivity contribution in [2.45, 2.75) is 6.92 Å². The van der Waals surface area contributed by atoms with E-state index in [1.807, 2.05) is 31.2 Å². The van der Waals surface area contributed by atoms with Crippen LogP contribution in [-0.4, -0.2) is 24.3 Å². The highest BCUT2D eigenvalue weighted by molar-refractivity contribution is 5.87. The van der Waals surface area contributed by atoms with E-state index >= 15 is 0 Å². The average molecular weight is 311 g/mol. The molecule has 0 atom stereocenters. The third kappa shape index (κ3) is 2.40. The average Bonchev–Trinajstić information content (AvgIpc) is 2.57. The molecule has 1 aromatic heterocycles. The van der Waals surface area contributed by atoms with Crippen molar-refractivity contribution in [3.63, 3.8) is 0 Å². The first-order chi connectivity index (χ1) is 11.1. The quantitative estimate of drug-likeness (QED) is 0.779. The van der Waals surface area contributed by atoms with Crippen LogP contribution in [0.4, 0.5) is 0 Å². The minimum atomic E-state index is -0.446. The Kier molecular flexibility index (Phi) is 3.70. The van der Waals surface area contributed by atoms with Crippen molar-refractivity contribution in [1.29, 1.82) is 0 Å². The van der Waals surface area contributed by atoms with Crippen molar-refractivity contribution in [3.05, 3.63) is 52.2 Å². The summed E-state index contributed by atoms with van der Waals surface area (Å²) in [6, 6.07) is 10.8. The highest BCUT2D eigenvalue weighted by atomic mass is 16.5. The van der Waals surface area contributed by atoms with Crippen LogP contribution in [0.5, 0.6) is 17.2 Å². The number of rotatable bonds is 3. The second kappa shape index (κ2) is 5.68. The van der Waals surface area contributed by atoms with Crippen LogP contribution in [0.1, 0.15) is 5.56 Å². The fraction of sp³-hybridized carbons (Fsp3) is 0.167. The van der Waals surface area contributed by atoms with Crippen LogP contribution in [0.15, 0.2) is 41.2 Å². The van der Waals surface area contributed by atoms with Gasteiger partial charge in [-0.05, 0) is 18.6 Å². The van der Waals surface area contributed by atoms with Gasteiger partial charge in [0.15, 0.2) is 17.2 Å². The second-order valence-corrected chi connectivity index (χ2v) is 5.25. The number of ether oxygens (including phenoxy) is 2. The van der Waals surface area contributed by atoms with Gasteiger partial charge in [0.25, 0.3) is 0 Å². The molecule has 0 radical (unpaired) electrons. The lowest BCUT2D eigenvalue weighted by Crippen LogP contribution is -2.06. The normalized spacial score (nSPS) is 10.7. The van der Waals surface area contributed by atoms with Gasteiger partial charge >= 0.3 is 0 Å². The van der Waals surface area contributed by atoms with E-state index in [1.54, 1.807) is 12.1 Å². The van der Waals surface area contributed by atoms with E-state index in [0.29, 0.717) is 28.1 Å². The number of H-pyrrole nitrogens is 1. The molecule has 23 heavy (non-hydrogen) atoms. The predicted octanol–water partition coefficient (Wildman–Crippen LogP) is 3.23. The van der Waals surface area contributed by atoms with Gasteiger partial charge in [-0.3, -0.25) is 4.79 Å². The number of fused-ring (bicyclic) bond motifs is 1. The monoisotopic (exact) mass is 311 g/mol. The molecule has 0 saturated carbocycles. The van der Waals surface area contributed by atoms with Gasteiger partial charge in [0, 0.05) is 11.6 Å². The maximum atomic E-state index is 12.5. The highest BCUT2D eigenvalue weighted by Crippen LogP contribution is 2.34. The molecule has 1 heterocycles. The van der Waals surface area contributed by atoms with E-state index in [1.165, 1.54) is 14.2 Å². The van der Waals surface area contributed by atoms with Crippen LogP contribution in [0.2, 0.25) is 0 Å². The van der Waals surface area contributed by atoms with Crippen LogP contribution in [-0.2, 0) is 0 Å². The standard InChI is InChI=1S/C18H17NO4/c1-10-6-4-5-7-11(10)16-18(21)17(20)12-8-14(22-2)15(23-3)9-13(12)19-16/h4-9,21H,1-3H3,(H,19,20). The summed E-state index contributed by atoms with van der Waals surface area (Å²) in [5.74, 6) is 0.643. The van der Waals surface area contributed by atoms with E-state index in [2.05, 4.69) is 4.98 Å². The zero-order valence-electron chi connectivity index (χ0n) is 13.1. The Morgan fingerprint density at radius 2 is 1.70 bits per heavy atom. The van der Waals surface area contributed by atoms with E-state index in [4.69, 9.17) is 9.47 Å². The number of hydrogen-bond donors (Lipinski definition) is 2. The fourth-order valence-electron chi connectivity index (χ4n) is 2.65. The number of hydrogen-bond acceptors (Lipinski definition) is 4. The van der Waals surface area contributed by atoms with Crippen molar-refractivity contribution in [1.82, 2.24) is 4.98 Å². The smallest absolute Gasteiger partial charge is 0.231 e. The summed E-state index contributed by atoms with van der Waals surface area (Å²) in [4.78, 5) is 15.7. The van der Waals surface area contributed by atoms with E-state index in [9.17, 15) is 9.90 Å². The minimum absolute atomic E-state index is 0.306. The summed E-state index contributed by atoms with van der Waals surface area (Å²) in [7, 11) is 3.03. The molecular formula is C18H17NO4. The minimum Gasteiger partial charge on any atom is -0.503 e. The summed E-state index contributed by atoms with van der Waals surface area (Å²) in [5, 5.41) is 10.7. The molecule has 3 rings (SSSR count). The molecule has 0 saturated heterocycles. The third-order valence-electron chi connectivity index (χ3n) is 3.89. The van der Waals surface area contributed by atoms with Crippen molar-refractivity contribution < 1.29 is 14.6 Å². The summed E-state index contributed by atoms with van der Waals surface area (Å²) < 4.78 is 10.5. The number of methoxy groups -OCH3 is 2. The topological polar surface area (TPSA) is 71.5 Å². The molecule has 118 valence electrons. The van der Waals surface area contributed by atoms with Gasteiger partial charge in [-0.1, -0.05) is 24.3 Å². The fourth-order valence-corrected chi connectivity index (χ4v) is 2.65. The Morgan fingerprint density at radius 1 is 1.04 bits per heavy atom. The molecule has 5 nitrogen and oxygen atoms in total. The van der Waals surface area contributed by atoms with Gasteiger partial charge in [-0.25, -0.2) is 0 Å². The first-order valence-corrected chi connectivity index (χ1v) is 7.13. The number of aryl methyl sites for hydroxylation is 1. The molecule has 5 heteroatoms. The van der Waals surface area contributed by atoms with E-state index in [0.717, 1.165) is 11.1 Å². The SMILES string of the molecule is COc1cc2[nH]c(-c3ccccc3C)c(O)c(=O)c2cc1OC. The molecule has 0 aliphatic heterocycles. The van der Waals surface area contributed by atoms with Crippen LogP contribution in [0, 0.1) is 6.92 Å². The summed E-state index contributed by atoms with van der Waals surface area (Å²) >= 11 is 0. The first kappa shape index (κ1) is 15.0. The Labute approximate surface area is 133 Å². The van der Waals surface area contributed by atoms with E-state index in [-0.39, 0.29) is 5.75 Å². The first-order valence-electron chi connectivity index (χ1n) is 7.13. The number of benzene rings is 2. The second-order valence-electron chi connectivity index (χ2n) is 5.25. The summed E-state index contributed by atoms with van der Waals surface area (Å²) in [5.41, 5.74) is 2.26. The van der Waals surface area contributed by atoms with Crippen molar-refractivity contribution in [2.75, 3.05) is 14.2 Å². The van der Waals surface area contributed by atoms with Crippen LogP contribution < -0.4 is 14.9 Å². The molecule has 0 unspecified atom stereocenters. The number of pyridine rings is 1. The van der Waals surface area contributed by atoms with Gasteiger partial charge < -0.3 is 19.6 Å². The van der Waals surface area contributed by atoms with Gasteiger partial charge in [-0.2, -0.15) is 0 Å². The molecule has 0 fully saturated rings. The highest BCUT2D eigenvalue weighted by Gasteiger charge is 2.16. The van der Waals surface area contributed by atoms with E-state index < -0.39 is 5.43 Å². The zero-order valence-corrected chi connectivity index (χ0v) is 13.1. The summed E-state index contributed by atoms with van der Waals surface area (Å²) in [6.07, 6.45) is 0. The number of aromatic hydroxyl groups is 1. The summed E-state index contributed by atoms with van der Waals surface area (Å²) in [6.45, 7) is 1.92. The predicted molar refractivity (Wildman–Crippen MR) is 89.5 cm³/mol. The van der Waals surface area contributed by atoms with Gasteiger partial charge in [0.2, 0.25) is 5.43 Å². The lowest BCUT2D eigenvalue weighted by atomic mass is 10.0. The third-order valence-corrected chi connectivity index (χ3v) is 3.89. The Bertz CT molecular complexity index is 944. The van der Waals surface area contributed by atoms with Gasteiger partial charge in [0.05, 0.1) is 30.8 Å². The van der Waals surface area contributed by atoms with Crippen molar-refractivity contribution in [3.8, 4) is 28.5 Å². The molecule has 2 N–H and O–H groups in total. The molecule has 0 spiro atoms. The number of aromatic nitrogens is 1. The molecule has 0 aliphatic carbocycles. The van der Waals surface area contributed by atoms with Crippen LogP contribution in [0.3, 0.4) is 0 Å². The molecule has 0 amide bonds. The lowest BCUT2D eigenvalue weighted by molar-refractivity contribution is 0.355. The van der Waals surface area contributed by atoms with Crippen LogP contribution in [0.25, 0.3) is 22.2 Å². The molecule has 0 aliphatic rings. The lowest BCUT2D eigenvalue weighted by Gasteiger charge is -2.12. The van der Waals surface area contributed by atoms with Gasteiger partial charge in [0.1, 0.15) is 0 Å². The maximum absolute atomic E-state index is 12.5. The van der Waals surface area contributed by atoms with Crippen molar-refractivity contribution >= 4 is 10.9 Å². The number of nitrogens with one attached hydrogen (secondary N) is 1.